The quantitative estimate of drug-likeness (QED) is 0.370. The molecule has 1 aliphatic carbocycles. The van der Waals surface area contributed by atoms with E-state index in [0.29, 0.717) is 6.42 Å². The van der Waals surface area contributed by atoms with Crippen molar-refractivity contribution < 1.29 is 9.53 Å². The highest BCUT2D eigenvalue weighted by atomic mass is 16.6. The summed E-state index contributed by atoms with van der Waals surface area (Å²) in [6, 6.07) is 0. The van der Waals surface area contributed by atoms with Crippen LogP contribution in [-0.4, -0.2) is 17.0 Å². The number of epoxide rings is 1. The second kappa shape index (κ2) is 1.21. The van der Waals surface area contributed by atoms with Gasteiger partial charge in [-0.25, -0.2) is 0 Å². The zero-order chi connectivity index (χ0) is 7.57. The number of carbonyl (C=O) groups excluding carboxylic acids is 1. The van der Waals surface area contributed by atoms with Crippen LogP contribution in [0.1, 0.15) is 20.3 Å². The number of ether oxygens (including phenoxy) is 1. The Morgan fingerprint density at radius 3 is 2.40 bits per heavy atom. The molecule has 0 aromatic carbocycles. The fourth-order valence-electron chi connectivity index (χ4n) is 1.74. The largest absolute Gasteiger partial charge is 0.354 e. The molecule has 0 spiro atoms. The van der Waals surface area contributed by atoms with Gasteiger partial charge in [0.05, 0.1) is 0 Å². The van der Waals surface area contributed by atoms with Crippen LogP contribution in [0.25, 0.3) is 0 Å². The Bertz CT molecular complexity index is 244. The van der Waals surface area contributed by atoms with E-state index in [0.717, 1.165) is 5.57 Å². The minimum atomic E-state index is -0.510. The van der Waals surface area contributed by atoms with E-state index >= 15 is 0 Å². The van der Waals surface area contributed by atoms with Crippen molar-refractivity contribution in [1.29, 1.82) is 0 Å². The molecular formula is C8H10O2. The molecule has 1 heterocycles. The molecule has 0 aromatic rings. The first-order valence-electron chi connectivity index (χ1n) is 3.42. The first-order valence-corrected chi connectivity index (χ1v) is 3.42. The number of hydrogen-bond acceptors (Lipinski definition) is 2. The predicted octanol–water partition coefficient (Wildman–Crippen LogP) is 1.06. The SMILES string of the molecule is C=C1CC2(C)OC2(C)C1=O. The Labute approximate surface area is 59.9 Å². The number of ketones is 1. The van der Waals surface area contributed by atoms with Crippen molar-refractivity contribution in [3.8, 4) is 0 Å². The summed E-state index contributed by atoms with van der Waals surface area (Å²) in [6.07, 6.45) is 0.711. The van der Waals surface area contributed by atoms with Gasteiger partial charge in [-0.05, 0) is 19.4 Å². The van der Waals surface area contributed by atoms with Crippen LogP contribution in [0.4, 0.5) is 0 Å². The molecule has 0 amide bonds. The summed E-state index contributed by atoms with van der Waals surface area (Å²) in [5.74, 6) is 0.0926. The lowest BCUT2D eigenvalue weighted by Gasteiger charge is -1.97. The number of carbonyl (C=O) groups is 1. The molecule has 10 heavy (non-hydrogen) atoms. The Balaban J connectivity index is 2.44. The molecular weight excluding hydrogens is 128 g/mol. The van der Waals surface area contributed by atoms with Crippen molar-refractivity contribution in [1.82, 2.24) is 0 Å². The predicted molar refractivity (Wildman–Crippen MR) is 36.7 cm³/mol. The lowest BCUT2D eigenvalue weighted by atomic mass is 10.0. The molecule has 1 aliphatic heterocycles. The molecule has 54 valence electrons. The average molecular weight is 138 g/mol. The van der Waals surface area contributed by atoms with Crippen molar-refractivity contribution >= 4 is 5.78 Å². The number of Topliss-reactive ketones (excluding diaryl/α,β-unsaturated/α-hetero) is 1. The Hall–Kier alpha value is -0.630. The number of fused-ring (bicyclic) bond motifs is 1. The molecule has 2 nitrogen and oxygen atoms in total. The van der Waals surface area contributed by atoms with Crippen LogP contribution in [0, 0.1) is 0 Å². The van der Waals surface area contributed by atoms with Crippen LogP contribution in [0.3, 0.4) is 0 Å². The second-order valence-electron chi connectivity index (χ2n) is 3.48. The fourth-order valence-corrected chi connectivity index (χ4v) is 1.74. The van der Waals surface area contributed by atoms with Gasteiger partial charge in [0.25, 0.3) is 0 Å². The van der Waals surface area contributed by atoms with Gasteiger partial charge < -0.3 is 4.74 Å². The zero-order valence-corrected chi connectivity index (χ0v) is 6.23. The minimum absolute atomic E-state index is 0.0926. The van der Waals surface area contributed by atoms with E-state index in [9.17, 15) is 4.79 Å². The maximum Gasteiger partial charge on any atom is 0.192 e. The van der Waals surface area contributed by atoms with Gasteiger partial charge in [-0.1, -0.05) is 6.58 Å². The molecule has 2 fully saturated rings. The maximum atomic E-state index is 11.2. The molecule has 2 atom stereocenters. The Morgan fingerprint density at radius 1 is 1.60 bits per heavy atom. The third-order valence-electron chi connectivity index (χ3n) is 2.70. The van der Waals surface area contributed by atoms with Crippen LogP contribution in [0.15, 0.2) is 12.2 Å². The van der Waals surface area contributed by atoms with E-state index in [1.807, 2.05) is 13.8 Å². The normalized spacial score (nSPS) is 51.4. The van der Waals surface area contributed by atoms with E-state index < -0.39 is 5.60 Å². The van der Waals surface area contributed by atoms with E-state index in [2.05, 4.69) is 6.58 Å². The highest BCUT2D eigenvalue weighted by molar-refractivity contribution is 6.07. The third-order valence-corrected chi connectivity index (χ3v) is 2.70. The highest BCUT2D eigenvalue weighted by Gasteiger charge is 2.73. The minimum Gasteiger partial charge on any atom is -0.354 e. The van der Waals surface area contributed by atoms with Gasteiger partial charge in [-0.3, -0.25) is 4.79 Å². The maximum absolute atomic E-state index is 11.2. The van der Waals surface area contributed by atoms with E-state index in [-0.39, 0.29) is 11.4 Å². The van der Waals surface area contributed by atoms with Crippen LogP contribution in [0.5, 0.6) is 0 Å². The van der Waals surface area contributed by atoms with Crippen molar-refractivity contribution in [3.05, 3.63) is 12.2 Å². The monoisotopic (exact) mass is 138 g/mol. The molecule has 0 bridgehead atoms. The van der Waals surface area contributed by atoms with Gasteiger partial charge in [-0.2, -0.15) is 0 Å². The Kier molecular flexibility index (Phi) is 0.740. The summed E-state index contributed by atoms with van der Waals surface area (Å²) in [5.41, 5.74) is 0.00174. The van der Waals surface area contributed by atoms with Crippen molar-refractivity contribution in [2.45, 2.75) is 31.5 Å². The smallest absolute Gasteiger partial charge is 0.192 e. The average Bonchev–Trinajstić information content (AvgIpc) is 2.29. The van der Waals surface area contributed by atoms with Gasteiger partial charge in [0.2, 0.25) is 0 Å². The molecule has 0 aromatic heterocycles. The number of rotatable bonds is 0. The van der Waals surface area contributed by atoms with Crippen LogP contribution >= 0.6 is 0 Å². The van der Waals surface area contributed by atoms with Crippen LogP contribution in [-0.2, 0) is 9.53 Å². The molecule has 2 aliphatic rings. The topological polar surface area (TPSA) is 29.6 Å². The van der Waals surface area contributed by atoms with Crippen molar-refractivity contribution in [2.75, 3.05) is 0 Å². The molecule has 2 unspecified atom stereocenters. The number of hydrogen-bond donors (Lipinski definition) is 0. The van der Waals surface area contributed by atoms with E-state index in [1.54, 1.807) is 0 Å². The van der Waals surface area contributed by atoms with Gasteiger partial charge in [0, 0.05) is 6.42 Å². The highest BCUT2D eigenvalue weighted by Crippen LogP contribution is 2.58. The molecule has 2 rings (SSSR count). The molecule has 0 N–H and O–H groups in total. The van der Waals surface area contributed by atoms with Gasteiger partial charge in [-0.15, -0.1) is 0 Å². The summed E-state index contributed by atoms with van der Waals surface area (Å²) in [7, 11) is 0. The van der Waals surface area contributed by atoms with Crippen LogP contribution < -0.4 is 0 Å². The first-order chi connectivity index (χ1) is 4.50. The lowest BCUT2D eigenvalue weighted by molar-refractivity contribution is -0.119. The molecule has 1 saturated carbocycles. The van der Waals surface area contributed by atoms with E-state index in [1.165, 1.54) is 0 Å². The van der Waals surface area contributed by atoms with Crippen molar-refractivity contribution in [3.63, 3.8) is 0 Å². The van der Waals surface area contributed by atoms with Gasteiger partial charge in [0.1, 0.15) is 5.60 Å². The fraction of sp³-hybridized carbons (Fsp3) is 0.625. The Morgan fingerprint density at radius 2 is 2.20 bits per heavy atom. The summed E-state index contributed by atoms with van der Waals surface area (Å²) < 4.78 is 5.30. The van der Waals surface area contributed by atoms with Gasteiger partial charge >= 0.3 is 0 Å². The summed E-state index contributed by atoms with van der Waals surface area (Å²) in [6.45, 7) is 7.48. The van der Waals surface area contributed by atoms with Crippen molar-refractivity contribution in [2.24, 2.45) is 0 Å². The summed E-state index contributed by atoms with van der Waals surface area (Å²) in [4.78, 5) is 11.2. The molecule has 1 saturated heterocycles. The third kappa shape index (κ3) is 0.399. The van der Waals surface area contributed by atoms with Crippen LogP contribution in [0.2, 0.25) is 0 Å². The van der Waals surface area contributed by atoms with Gasteiger partial charge in [0.15, 0.2) is 11.4 Å². The lowest BCUT2D eigenvalue weighted by Crippen LogP contribution is -2.20. The summed E-state index contributed by atoms with van der Waals surface area (Å²) in [5, 5.41) is 0. The standard InChI is InChI=1S/C8H10O2/c1-5-4-7(2)8(3,10-7)6(5)9/h1,4H2,2-3H3. The second-order valence-corrected chi connectivity index (χ2v) is 3.48. The zero-order valence-electron chi connectivity index (χ0n) is 6.23. The molecule has 2 heteroatoms. The molecule has 0 radical (unpaired) electrons. The first kappa shape index (κ1) is 6.10. The van der Waals surface area contributed by atoms with E-state index in [4.69, 9.17) is 4.74 Å². The summed E-state index contributed by atoms with van der Waals surface area (Å²) >= 11 is 0.